The Morgan fingerprint density at radius 3 is 2.48 bits per heavy atom. The number of hydrogen-bond acceptors (Lipinski definition) is 6. The van der Waals surface area contributed by atoms with E-state index in [9.17, 15) is 22.8 Å². The highest BCUT2D eigenvalue weighted by Crippen LogP contribution is 2.28. The van der Waals surface area contributed by atoms with E-state index in [1.165, 1.54) is 6.07 Å². The number of alkyl halides is 3. The first-order chi connectivity index (χ1) is 13.8. The number of aromatic nitrogens is 4. The highest BCUT2D eigenvalue weighted by atomic mass is 19.4. The number of halogens is 3. The highest BCUT2D eigenvalue weighted by molar-refractivity contribution is 5.86. The third kappa shape index (κ3) is 4.40. The lowest BCUT2D eigenvalue weighted by Crippen LogP contribution is -2.44. The minimum atomic E-state index is -4.65. The first-order valence-electron chi connectivity index (χ1n) is 9.43. The quantitative estimate of drug-likeness (QED) is 0.753. The van der Waals surface area contributed by atoms with E-state index >= 15 is 0 Å². The molecule has 156 valence electrons. The average Bonchev–Trinajstić information content (AvgIpc) is 3.39. The Labute approximate surface area is 163 Å². The van der Waals surface area contributed by atoms with E-state index in [0.29, 0.717) is 36.3 Å². The van der Waals surface area contributed by atoms with Crippen LogP contribution in [0.2, 0.25) is 0 Å². The zero-order valence-corrected chi connectivity index (χ0v) is 15.4. The van der Waals surface area contributed by atoms with Crippen LogP contribution >= 0.6 is 0 Å². The molecule has 0 spiro atoms. The minimum absolute atomic E-state index is 0.0137. The summed E-state index contributed by atoms with van der Waals surface area (Å²) in [4.78, 5) is 25.8. The molecule has 9 nitrogen and oxygen atoms in total. The Kier molecular flexibility index (Phi) is 5.01. The molecule has 3 heterocycles. The Morgan fingerprint density at radius 2 is 1.83 bits per heavy atom. The van der Waals surface area contributed by atoms with Crippen molar-refractivity contribution < 1.29 is 22.8 Å². The van der Waals surface area contributed by atoms with Gasteiger partial charge in [0.15, 0.2) is 5.65 Å². The Morgan fingerprint density at radius 1 is 1.10 bits per heavy atom. The fourth-order valence-corrected chi connectivity index (χ4v) is 3.31. The van der Waals surface area contributed by atoms with E-state index in [-0.39, 0.29) is 36.0 Å². The van der Waals surface area contributed by atoms with Gasteiger partial charge in [0.05, 0.1) is 6.54 Å². The van der Waals surface area contributed by atoms with Gasteiger partial charge in [0.25, 0.3) is 5.82 Å². The van der Waals surface area contributed by atoms with Crippen LogP contribution in [0.5, 0.6) is 0 Å². The molecule has 4 rings (SSSR count). The number of hydrogen-bond donors (Lipinski definition) is 2. The van der Waals surface area contributed by atoms with Crippen molar-refractivity contribution >= 4 is 23.3 Å². The summed E-state index contributed by atoms with van der Waals surface area (Å²) in [5.74, 6) is -1.43. The highest BCUT2D eigenvalue weighted by Gasteiger charge is 2.38. The SMILES string of the molecule is O=C(CNC(=O)C1CCN(c2ccc3nnc(C(F)(F)F)n3n2)CC1)NC1CC1. The summed E-state index contributed by atoms with van der Waals surface area (Å²) in [7, 11) is 0. The van der Waals surface area contributed by atoms with Gasteiger partial charge in [-0.2, -0.15) is 17.7 Å². The number of nitrogens with one attached hydrogen (secondary N) is 2. The number of carbonyl (C=O) groups is 2. The monoisotopic (exact) mass is 411 g/mol. The molecule has 1 aliphatic carbocycles. The van der Waals surface area contributed by atoms with Gasteiger partial charge in [0.1, 0.15) is 5.82 Å². The lowest BCUT2D eigenvalue weighted by atomic mass is 9.96. The third-order valence-electron chi connectivity index (χ3n) is 5.06. The number of anilines is 1. The van der Waals surface area contributed by atoms with E-state index in [4.69, 9.17) is 0 Å². The number of nitrogens with zero attached hydrogens (tertiary/aromatic N) is 5. The second-order valence-electron chi connectivity index (χ2n) is 7.30. The summed E-state index contributed by atoms with van der Waals surface area (Å²) in [6, 6.07) is 3.27. The van der Waals surface area contributed by atoms with E-state index in [1.54, 1.807) is 6.07 Å². The summed E-state index contributed by atoms with van der Waals surface area (Å²) in [6.45, 7) is 0.893. The number of amides is 2. The lowest BCUT2D eigenvalue weighted by molar-refractivity contribution is -0.146. The molecule has 2 aromatic heterocycles. The van der Waals surface area contributed by atoms with Crippen molar-refractivity contribution in [1.82, 2.24) is 30.4 Å². The van der Waals surface area contributed by atoms with Gasteiger partial charge in [-0.15, -0.1) is 15.3 Å². The van der Waals surface area contributed by atoms with Crippen LogP contribution in [0.4, 0.5) is 19.0 Å². The fourth-order valence-electron chi connectivity index (χ4n) is 3.31. The van der Waals surface area contributed by atoms with Gasteiger partial charge in [0, 0.05) is 25.0 Å². The van der Waals surface area contributed by atoms with E-state index in [1.807, 2.05) is 4.90 Å². The fraction of sp³-hybridized carbons (Fsp3) is 0.588. The van der Waals surface area contributed by atoms with Crippen molar-refractivity contribution in [3.8, 4) is 0 Å². The number of piperidine rings is 1. The van der Waals surface area contributed by atoms with Gasteiger partial charge in [-0.1, -0.05) is 0 Å². The van der Waals surface area contributed by atoms with E-state index in [2.05, 4.69) is 25.9 Å². The largest absolute Gasteiger partial charge is 0.453 e. The van der Waals surface area contributed by atoms with Crippen molar-refractivity contribution in [2.75, 3.05) is 24.5 Å². The third-order valence-corrected chi connectivity index (χ3v) is 5.06. The molecule has 2 aliphatic rings. The van der Waals surface area contributed by atoms with Crippen molar-refractivity contribution in [3.05, 3.63) is 18.0 Å². The first-order valence-corrected chi connectivity index (χ1v) is 9.43. The maximum Gasteiger partial charge on any atom is 0.453 e. The standard InChI is InChI=1S/C17H20F3N7O2/c18-17(19,20)16-24-23-12-3-4-13(25-27(12)16)26-7-5-10(6-8-26)15(29)21-9-14(28)22-11-1-2-11/h3-4,10-11H,1-2,5-9H2,(H,21,29)(H,22,28). The predicted molar refractivity (Wildman–Crippen MR) is 94.9 cm³/mol. The van der Waals surface area contributed by atoms with Crippen LogP contribution in [0, 0.1) is 5.92 Å². The maximum atomic E-state index is 13.0. The summed E-state index contributed by atoms with van der Waals surface area (Å²) in [5.41, 5.74) is 0.0137. The second kappa shape index (κ2) is 7.48. The Balaban J connectivity index is 1.34. The van der Waals surface area contributed by atoms with Crippen molar-refractivity contribution in [2.45, 2.75) is 37.9 Å². The Bertz CT molecular complexity index is 917. The molecular formula is C17H20F3N7O2. The topological polar surface area (TPSA) is 105 Å². The zero-order chi connectivity index (χ0) is 20.6. The van der Waals surface area contributed by atoms with Crippen LogP contribution in [-0.2, 0) is 15.8 Å². The molecule has 1 saturated carbocycles. The molecule has 0 aromatic carbocycles. The van der Waals surface area contributed by atoms with Crippen LogP contribution in [0.25, 0.3) is 5.65 Å². The molecular weight excluding hydrogens is 391 g/mol. The predicted octanol–water partition coefficient (Wildman–Crippen LogP) is 0.754. The Hall–Kier alpha value is -2.92. The molecule has 12 heteroatoms. The average molecular weight is 411 g/mol. The molecule has 1 saturated heterocycles. The van der Waals surface area contributed by atoms with Crippen molar-refractivity contribution in [2.24, 2.45) is 5.92 Å². The van der Waals surface area contributed by atoms with Gasteiger partial charge in [-0.3, -0.25) is 9.59 Å². The molecule has 2 amide bonds. The second-order valence-corrected chi connectivity index (χ2v) is 7.30. The van der Waals surface area contributed by atoms with Crippen LogP contribution in [0.15, 0.2) is 12.1 Å². The summed E-state index contributed by atoms with van der Waals surface area (Å²) in [6.07, 6.45) is -1.65. The van der Waals surface area contributed by atoms with Crippen LogP contribution < -0.4 is 15.5 Å². The van der Waals surface area contributed by atoms with Crippen LogP contribution in [0.3, 0.4) is 0 Å². The van der Waals surface area contributed by atoms with Crippen LogP contribution in [0.1, 0.15) is 31.5 Å². The molecule has 0 atom stereocenters. The van der Waals surface area contributed by atoms with Gasteiger partial charge in [-0.05, 0) is 37.8 Å². The normalized spacial score (nSPS) is 18.1. The summed E-state index contributed by atoms with van der Waals surface area (Å²) in [5, 5.41) is 16.1. The van der Waals surface area contributed by atoms with E-state index in [0.717, 1.165) is 12.8 Å². The van der Waals surface area contributed by atoms with Crippen molar-refractivity contribution in [3.63, 3.8) is 0 Å². The molecule has 2 aromatic rings. The zero-order valence-electron chi connectivity index (χ0n) is 15.4. The molecule has 1 aliphatic heterocycles. The lowest BCUT2D eigenvalue weighted by Gasteiger charge is -2.32. The summed E-state index contributed by atoms with van der Waals surface area (Å²) >= 11 is 0. The number of carbonyl (C=O) groups excluding carboxylic acids is 2. The van der Waals surface area contributed by atoms with Gasteiger partial charge < -0.3 is 15.5 Å². The minimum Gasteiger partial charge on any atom is -0.355 e. The number of fused-ring (bicyclic) bond motifs is 1. The van der Waals surface area contributed by atoms with Crippen molar-refractivity contribution in [1.29, 1.82) is 0 Å². The van der Waals surface area contributed by atoms with Crippen LogP contribution in [-0.4, -0.2) is 57.3 Å². The molecule has 29 heavy (non-hydrogen) atoms. The molecule has 2 N–H and O–H groups in total. The van der Waals surface area contributed by atoms with Gasteiger partial charge >= 0.3 is 6.18 Å². The smallest absolute Gasteiger partial charge is 0.355 e. The summed E-state index contributed by atoms with van der Waals surface area (Å²) < 4.78 is 39.7. The van der Waals surface area contributed by atoms with E-state index < -0.39 is 12.0 Å². The molecule has 0 unspecified atom stereocenters. The molecule has 2 fully saturated rings. The number of rotatable bonds is 5. The molecule has 0 bridgehead atoms. The van der Waals surface area contributed by atoms with Gasteiger partial charge in [-0.25, -0.2) is 0 Å². The maximum absolute atomic E-state index is 13.0. The molecule has 0 radical (unpaired) electrons. The first kappa shape index (κ1) is 19.4. The van der Waals surface area contributed by atoms with Gasteiger partial charge in [0.2, 0.25) is 11.8 Å².